The van der Waals surface area contributed by atoms with Gasteiger partial charge in [-0.2, -0.15) is 0 Å². The van der Waals surface area contributed by atoms with E-state index >= 15 is 0 Å². The van der Waals surface area contributed by atoms with Gasteiger partial charge in [0.2, 0.25) is 0 Å². The molecule has 0 spiro atoms. The summed E-state index contributed by atoms with van der Waals surface area (Å²) in [6.45, 7) is 3.89. The second-order valence-electron chi connectivity index (χ2n) is 8.83. The van der Waals surface area contributed by atoms with Crippen LogP contribution in [0.1, 0.15) is 54.5 Å². The fraction of sp³-hybridized carbons (Fsp3) is 0.0968. The summed E-state index contributed by atoms with van der Waals surface area (Å²) in [7, 11) is 0. The highest BCUT2D eigenvalue weighted by molar-refractivity contribution is 6.33. The minimum Gasteiger partial charge on any atom is -0.312 e. The zero-order chi connectivity index (χ0) is 25.8. The van der Waals surface area contributed by atoms with Gasteiger partial charge in [-0.05, 0) is 43.7 Å². The van der Waals surface area contributed by atoms with Crippen molar-refractivity contribution >= 4 is 23.4 Å². The maximum Gasteiger partial charge on any atom is 0.365 e. The van der Waals surface area contributed by atoms with Crippen molar-refractivity contribution in [1.82, 2.24) is 0 Å². The number of hydrogen-bond acceptors (Lipinski definition) is 6. The summed E-state index contributed by atoms with van der Waals surface area (Å²) in [5.41, 5.74) is 6.26. The fourth-order valence-electron chi connectivity index (χ4n) is 4.20. The molecule has 0 fully saturated rings. The number of benzene rings is 4. The molecule has 5 rings (SSSR count). The third-order valence-electron chi connectivity index (χ3n) is 6.19. The molecule has 0 aliphatic heterocycles. The van der Waals surface area contributed by atoms with E-state index in [-0.39, 0.29) is 0 Å². The number of carbonyl (C=O) groups excluding carboxylic acids is 2. The Morgan fingerprint density at radius 2 is 0.973 bits per heavy atom. The number of hydrogen-bond donors (Lipinski definition) is 0. The third kappa shape index (κ3) is 5.09. The van der Waals surface area contributed by atoms with Gasteiger partial charge < -0.3 is 9.68 Å². The van der Waals surface area contributed by atoms with Crippen molar-refractivity contribution in [3.05, 3.63) is 142 Å². The van der Waals surface area contributed by atoms with Gasteiger partial charge in [-0.3, -0.25) is 0 Å². The molecule has 182 valence electrons. The molecule has 0 saturated carbocycles. The van der Waals surface area contributed by atoms with Crippen LogP contribution in [0.15, 0.2) is 113 Å². The first-order valence-corrected chi connectivity index (χ1v) is 11.9. The predicted molar refractivity (Wildman–Crippen MR) is 142 cm³/mol. The monoisotopic (exact) mass is 488 g/mol. The van der Waals surface area contributed by atoms with Crippen molar-refractivity contribution in [3.63, 3.8) is 0 Å². The van der Waals surface area contributed by atoms with Crippen molar-refractivity contribution in [1.29, 1.82) is 0 Å². The van der Waals surface area contributed by atoms with Crippen LogP contribution < -0.4 is 0 Å². The Balaban J connectivity index is 1.52. The van der Waals surface area contributed by atoms with Crippen molar-refractivity contribution in [2.45, 2.75) is 19.8 Å². The van der Waals surface area contributed by atoms with Gasteiger partial charge in [-0.1, -0.05) is 100 Å². The predicted octanol–water partition coefficient (Wildman–Crippen LogP) is 6.22. The van der Waals surface area contributed by atoms with E-state index in [4.69, 9.17) is 9.68 Å². The lowest BCUT2D eigenvalue weighted by Gasteiger charge is -2.13. The highest BCUT2D eigenvalue weighted by Gasteiger charge is 2.37. The lowest BCUT2D eigenvalue weighted by molar-refractivity contribution is 0.0510. The first kappa shape index (κ1) is 23.9. The minimum atomic E-state index is -0.562. The Morgan fingerprint density at radius 1 is 0.568 bits per heavy atom. The SMILES string of the molecule is Cc1ccc(C(=O)O/N=C2\c3ccccc3/C(=N/OC(=O)c3ccc(C)cc3)C2c2ccccc2)cc1. The molecular formula is C31H24N2O4. The van der Waals surface area contributed by atoms with Crippen LogP contribution in [-0.2, 0) is 9.68 Å². The molecule has 0 bridgehead atoms. The van der Waals surface area contributed by atoms with Crippen molar-refractivity contribution < 1.29 is 19.3 Å². The van der Waals surface area contributed by atoms with Gasteiger partial charge in [0.25, 0.3) is 0 Å². The van der Waals surface area contributed by atoms with E-state index in [9.17, 15) is 9.59 Å². The average Bonchev–Trinajstić information content (AvgIpc) is 3.25. The van der Waals surface area contributed by atoms with Gasteiger partial charge in [0.15, 0.2) is 0 Å². The quantitative estimate of drug-likeness (QED) is 0.247. The van der Waals surface area contributed by atoms with Crippen LogP contribution >= 0.6 is 0 Å². The van der Waals surface area contributed by atoms with Crippen LogP contribution in [0.2, 0.25) is 0 Å². The van der Waals surface area contributed by atoms with E-state index in [1.165, 1.54) is 0 Å². The molecule has 0 radical (unpaired) electrons. The van der Waals surface area contributed by atoms with Crippen LogP contribution in [0.5, 0.6) is 0 Å². The molecule has 1 atom stereocenters. The van der Waals surface area contributed by atoms with Gasteiger partial charge in [-0.25, -0.2) is 9.59 Å². The molecular weight excluding hydrogens is 464 g/mol. The largest absolute Gasteiger partial charge is 0.365 e. The summed E-state index contributed by atoms with van der Waals surface area (Å²) >= 11 is 0. The number of carbonyl (C=O) groups is 2. The second kappa shape index (κ2) is 10.4. The molecule has 6 nitrogen and oxygen atoms in total. The Morgan fingerprint density at radius 3 is 1.41 bits per heavy atom. The lowest BCUT2D eigenvalue weighted by Crippen LogP contribution is -2.17. The Bertz CT molecular complexity index is 1410. The molecule has 1 aliphatic carbocycles. The smallest absolute Gasteiger partial charge is 0.312 e. The standard InChI is InChI=1S/C31H24N2O4/c1-20-12-16-23(17-13-20)30(34)36-32-28-25-10-6-7-11-26(25)29(27(28)22-8-4-3-5-9-22)33-37-31(35)24-18-14-21(2)15-19-24/h3-19,27H,1-2H3/b32-28-,33-29+. The maximum absolute atomic E-state index is 12.7. The van der Waals surface area contributed by atoms with Gasteiger partial charge in [0, 0.05) is 11.1 Å². The molecule has 0 heterocycles. The summed E-state index contributed by atoms with van der Waals surface area (Å²) < 4.78 is 0. The molecule has 0 saturated heterocycles. The van der Waals surface area contributed by atoms with E-state index in [1.807, 2.05) is 92.7 Å². The van der Waals surface area contributed by atoms with Gasteiger partial charge in [0.05, 0.1) is 17.0 Å². The van der Waals surface area contributed by atoms with Crippen LogP contribution in [0.25, 0.3) is 0 Å². The summed E-state index contributed by atoms with van der Waals surface area (Å²) in [5.74, 6) is -1.63. The Labute approximate surface area is 214 Å². The molecule has 4 aromatic rings. The van der Waals surface area contributed by atoms with E-state index < -0.39 is 17.9 Å². The highest BCUT2D eigenvalue weighted by Crippen LogP contribution is 2.36. The topological polar surface area (TPSA) is 77.3 Å². The summed E-state index contributed by atoms with van der Waals surface area (Å²) in [4.78, 5) is 36.2. The van der Waals surface area contributed by atoms with Gasteiger partial charge in [-0.15, -0.1) is 0 Å². The number of fused-ring (bicyclic) bond motifs is 1. The molecule has 0 N–H and O–H groups in total. The van der Waals surface area contributed by atoms with E-state index in [1.54, 1.807) is 24.3 Å². The summed E-state index contributed by atoms with van der Waals surface area (Å²) in [6, 6.07) is 31.3. The lowest BCUT2D eigenvalue weighted by atomic mass is 9.93. The van der Waals surface area contributed by atoms with Gasteiger partial charge >= 0.3 is 11.9 Å². The molecule has 4 aromatic carbocycles. The average molecular weight is 489 g/mol. The minimum absolute atomic E-state index is 0.401. The van der Waals surface area contributed by atoms with E-state index in [0.29, 0.717) is 22.6 Å². The second-order valence-corrected chi connectivity index (χ2v) is 8.83. The van der Waals surface area contributed by atoms with E-state index in [2.05, 4.69) is 10.3 Å². The zero-order valence-corrected chi connectivity index (χ0v) is 20.4. The van der Waals surface area contributed by atoms with Gasteiger partial charge in [0.1, 0.15) is 11.4 Å². The molecule has 0 aromatic heterocycles. The number of oxime groups is 2. The highest BCUT2D eigenvalue weighted by atomic mass is 16.7. The molecule has 1 unspecified atom stereocenters. The first-order valence-electron chi connectivity index (χ1n) is 11.9. The fourth-order valence-corrected chi connectivity index (χ4v) is 4.20. The summed E-state index contributed by atoms with van der Waals surface area (Å²) in [6.07, 6.45) is 0. The molecule has 37 heavy (non-hydrogen) atoms. The first-order chi connectivity index (χ1) is 18.0. The number of aryl methyl sites for hydroxylation is 2. The van der Waals surface area contributed by atoms with Crippen LogP contribution in [-0.4, -0.2) is 23.4 Å². The molecule has 0 amide bonds. The third-order valence-corrected chi connectivity index (χ3v) is 6.19. The Kier molecular flexibility index (Phi) is 6.72. The Hall–Kier alpha value is -4.84. The normalized spacial score (nSPS) is 16.4. The number of rotatable bonds is 5. The van der Waals surface area contributed by atoms with Crippen molar-refractivity contribution in [2.75, 3.05) is 0 Å². The van der Waals surface area contributed by atoms with E-state index in [0.717, 1.165) is 27.8 Å². The van der Waals surface area contributed by atoms with Crippen LogP contribution in [0, 0.1) is 13.8 Å². The van der Waals surface area contributed by atoms with Crippen LogP contribution in [0.4, 0.5) is 0 Å². The van der Waals surface area contributed by atoms with Crippen LogP contribution in [0.3, 0.4) is 0 Å². The maximum atomic E-state index is 12.7. The number of nitrogens with zero attached hydrogens (tertiary/aromatic N) is 2. The molecule has 6 heteroatoms. The summed E-state index contributed by atoms with van der Waals surface area (Å²) in [5, 5.41) is 8.62. The van der Waals surface area contributed by atoms with Crippen molar-refractivity contribution in [2.24, 2.45) is 10.3 Å². The molecule has 1 aliphatic rings. The zero-order valence-electron chi connectivity index (χ0n) is 20.4. The van der Waals surface area contributed by atoms with Crippen molar-refractivity contribution in [3.8, 4) is 0 Å².